The van der Waals surface area contributed by atoms with Gasteiger partial charge in [0.25, 0.3) is 0 Å². The van der Waals surface area contributed by atoms with E-state index in [1.165, 1.54) is 13.2 Å². The highest BCUT2D eigenvalue weighted by molar-refractivity contribution is 5.84. The topological polar surface area (TPSA) is 43.4 Å². The number of esters is 1. The van der Waals surface area contributed by atoms with Crippen molar-refractivity contribution in [1.29, 1.82) is 0 Å². The van der Waals surface area contributed by atoms with Crippen LogP contribution in [0.25, 0.3) is 0 Å². The Morgan fingerprint density at radius 1 is 1.42 bits per heavy atom. The molecule has 0 aromatic carbocycles. The zero-order valence-corrected chi connectivity index (χ0v) is 10.7. The van der Waals surface area contributed by atoms with E-state index >= 15 is 0 Å². The second-order valence-electron chi connectivity index (χ2n) is 4.68. The van der Waals surface area contributed by atoms with E-state index < -0.39 is 12.6 Å². The Morgan fingerprint density at radius 3 is 2.68 bits per heavy atom. The molecule has 0 heterocycles. The fourth-order valence-electron chi connectivity index (χ4n) is 2.30. The van der Waals surface area contributed by atoms with Gasteiger partial charge in [0.1, 0.15) is 5.78 Å². The van der Waals surface area contributed by atoms with Crippen molar-refractivity contribution in [1.82, 2.24) is 0 Å². The molecular weight excluding hydrogens is 261 g/mol. The molecule has 0 aromatic rings. The fourth-order valence-corrected chi connectivity index (χ4v) is 2.30. The summed E-state index contributed by atoms with van der Waals surface area (Å²) in [4.78, 5) is 22.8. The number of halogens is 3. The molecule has 1 aliphatic rings. The van der Waals surface area contributed by atoms with Crippen molar-refractivity contribution in [2.75, 3.05) is 7.11 Å². The molecular formula is C13H17F3O3. The number of Topliss-reactive ketones (excluding diaryl/α,β-unsaturated/α-hetero) is 1. The number of hydrogen-bond acceptors (Lipinski definition) is 3. The minimum atomic E-state index is -4.22. The molecule has 0 radical (unpaired) electrons. The van der Waals surface area contributed by atoms with Gasteiger partial charge in [0.2, 0.25) is 0 Å². The zero-order chi connectivity index (χ0) is 14.5. The van der Waals surface area contributed by atoms with Gasteiger partial charge in [-0.2, -0.15) is 13.2 Å². The van der Waals surface area contributed by atoms with Crippen LogP contribution in [0.3, 0.4) is 0 Å². The Hall–Kier alpha value is -1.33. The van der Waals surface area contributed by atoms with Crippen LogP contribution in [-0.2, 0) is 14.3 Å². The monoisotopic (exact) mass is 278 g/mol. The van der Waals surface area contributed by atoms with Crippen molar-refractivity contribution in [2.45, 2.75) is 38.3 Å². The maximum Gasteiger partial charge on any atom is 0.392 e. The van der Waals surface area contributed by atoms with Crippen LogP contribution in [0.15, 0.2) is 12.2 Å². The molecule has 0 aliphatic heterocycles. The van der Waals surface area contributed by atoms with Gasteiger partial charge in [-0.25, -0.2) is 0 Å². The molecule has 3 nitrogen and oxygen atoms in total. The van der Waals surface area contributed by atoms with Gasteiger partial charge >= 0.3 is 12.1 Å². The number of carbonyl (C=O) groups is 2. The summed E-state index contributed by atoms with van der Waals surface area (Å²) in [5, 5.41) is 0. The van der Waals surface area contributed by atoms with Gasteiger partial charge in [-0.1, -0.05) is 12.2 Å². The number of carbonyl (C=O) groups excluding carboxylic acids is 2. The molecule has 1 fully saturated rings. The van der Waals surface area contributed by atoms with E-state index in [1.54, 1.807) is 0 Å². The number of methoxy groups -OCH3 is 1. The lowest BCUT2D eigenvalue weighted by molar-refractivity contribution is -0.142. The summed E-state index contributed by atoms with van der Waals surface area (Å²) < 4.78 is 40.4. The summed E-state index contributed by atoms with van der Waals surface area (Å²) in [7, 11) is 1.28. The molecule has 0 bridgehead atoms. The van der Waals surface area contributed by atoms with Crippen LogP contribution >= 0.6 is 0 Å². The van der Waals surface area contributed by atoms with E-state index in [0.29, 0.717) is 12.8 Å². The smallest absolute Gasteiger partial charge is 0.392 e. The Kier molecular flexibility index (Phi) is 5.57. The largest absolute Gasteiger partial charge is 0.469 e. The lowest BCUT2D eigenvalue weighted by Gasteiger charge is -2.15. The van der Waals surface area contributed by atoms with Crippen molar-refractivity contribution in [3.05, 3.63) is 12.2 Å². The van der Waals surface area contributed by atoms with E-state index in [0.717, 1.165) is 6.08 Å². The minimum Gasteiger partial charge on any atom is -0.469 e. The normalized spacial score (nSPS) is 24.1. The highest BCUT2D eigenvalue weighted by Crippen LogP contribution is 2.34. The second kappa shape index (κ2) is 6.73. The van der Waals surface area contributed by atoms with E-state index in [4.69, 9.17) is 0 Å². The lowest BCUT2D eigenvalue weighted by Crippen LogP contribution is -2.18. The number of hydrogen-bond donors (Lipinski definition) is 0. The van der Waals surface area contributed by atoms with Crippen LogP contribution in [0, 0.1) is 11.8 Å². The van der Waals surface area contributed by atoms with Gasteiger partial charge in [-0.3, -0.25) is 9.59 Å². The second-order valence-corrected chi connectivity index (χ2v) is 4.68. The Bertz CT molecular complexity index is 361. The van der Waals surface area contributed by atoms with Crippen LogP contribution in [0.5, 0.6) is 0 Å². The van der Waals surface area contributed by atoms with Gasteiger partial charge in [0.15, 0.2) is 0 Å². The first-order chi connectivity index (χ1) is 8.83. The predicted octanol–water partition coefficient (Wildman–Crippen LogP) is 3.04. The summed E-state index contributed by atoms with van der Waals surface area (Å²) in [6, 6.07) is 0. The van der Waals surface area contributed by atoms with Crippen molar-refractivity contribution in [3.63, 3.8) is 0 Å². The first-order valence-electron chi connectivity index (χ1n) is 6.14. The maximum absolute atomic E-state index is 11.9. The van der Waals surface area contributed by atoms with Gasteiger partial charge in [0, 0.05) is 18.8 Å². The Morgan fingerprint density at radius 2 is 2.11 bits per heavy atom. The van der Waals surface area contributed by atoms with E-state index in [2.05, 4.69) is 4.74 Å². The molecule has 0 N–H and O–H groups in total. The first kappa shape index (κ1) is 15.7. The quantitative estimate of drug-likeness (QED) is 0.573. The standard InChI is InChI=1S/C13H17F3O3/c1-19-12(18)8-9-5-6-11(17)10(9)4-2-3-7-13(14,15)16/h2-3,9-10H,4-8H2,1H3/b3-2-. The van der Waals surface area contributed by atoms with Crippen molar-refractivity contribution in [3.8, 4) is 0 Å². The molecule has 0 saturated heterocycles. The summed E-state index contributed by atoms with van der Waals surface area (Å²) >= 11 is 0. The predicted molar refractivity (Wildman–Crippen MR) is 62.3 cm³/mol. The third-order valence-corrected chi connectivity index (χ3v) is 3.31. The molecule has 2 atom stereocenters. The van der Waals surface area contributed by atoms with Crippen molar-refractivity contribution in [2.24, 2.45) is 11.8 Å². The molecule has 2 unspecified atom stereocenters. The van der Waals surface area contributed by atoms with Gasteiger partial charge in [-0.15, -0.1) is 0 Å². The van der Waals surface area contributed by atoms with Crippen molar-refractivity contribution < 1.29 is 27.5 Å². The molecule has 19 heavy (non-hydrogen) atoms. The van der Waals surface area contributed by atoms with Gasteiger partial charge in [0.05, 0.1) is 13.5 Å². The van der Waals surface area contributed by atoms with Crippen LogP contribution in [-0.4, -0.2) is 25.0 Å². The minimum absolute atomic E-state index is 0.0190. The molecule has 1 rings (SSSR count). The lowest BCUT2D eigenvalue weighted by atomic mass is 9.89. The number of allylic oxidation sites excluding steroid dienone is 2. The van der Waals surface area contributed by atoms with Crippen LogP contribution in [0.2, 0.25) is 0 Å². The van der Waals surface area contributed by atoms with Gasteiger partial charge < -0.3 is 4.74 Å². The number of alkyl halides is 3. The molecule has 1 saturated carbocycles. The Labute approximate surface area is 109 Å². The molecule has 0 aromatic heterocycles. The molecule has 0 spiro atoms. The van der Waals surface area contributed by atoms with Gasteiger partial charge in [-0.05, 0) is 18.8 Å². The summed E-state index contributed by atoms with van der Waals surface area (Å²) in [5.74, 6) is -0.839. The highest BCUT2D eigenvalue weighted by atomic mass is 19.4. The van der Waals surface area contributed by atoms with E-state index in [9.17, 15) is 22.8 Å². The molecule has 1 aliphatic carbocycles. The van der Waals surface area contributed by atoms with Crippen LogP contribution < -0.4 is 0 Å². The molecule has 6 heteroatoms. The molecule has 0 amide bonds. The fraction of sp³-hybridized carbons (Fsp3) is 0.692. The van der Waals surface area contributed by atoms with E-state index in [-0.39, 0.29) is 36.4 Å². The number of ketones is 1. The summed E-state index contributed by atoms with van der Waals surface area (Å²) in [6.45, 7) is 0. The average molecular weight is 278 g/mol. The average Bonchev–Trinajstić information content (AvgIpc) is 2.65. The third-order valence-electron chi connectivity index (χ3n) is 3.31. The summed E-state index contributed by atoms with van der Waals surface area (Å²) in [5.41, 5.74) is 0. The number of ether oxygens (including phenoxy) is 1. The SMILES string of the molecule is COC(=O)CC1CCC(=O)C1C/C=C\CC(F)(F)F. The van der Waals surface area contributed by atoms with Crippen molar-refractivity contribution >= 4 is 11.8 Å². The third kappa shape index (κ3) is 5.44. The van der Waals surface area contributed by atoms with Crippen LogP contribution in [0.1, 0.15) is 32.1 Å². The number of rotatable bonds is 5. The zero-order valence-electron chi connectivity index (χ0n) is 10.7. The van der Waals surface area contributed by atoms with Crippen LogP contribution in [0.4, 0.5) is 13.2 Å². The molecule has 108 valence electrons. The highest BCUT2D eigenvalue weighted by Gasteiger charge is 2.35. The maximum atomic E-state index is 11.9. The Balaban J connectivity index is 2.49. The van der Waals surface area contributed by atoms with E-state index in [1.807, 2.05) is 0 Å². The first-order valence-corrected chi connectivity index (χ1v) is 6.14. The summed E-state index contributed by atoms with van der Waals surface area (Å²) in [6.07, 6.45) is -1.40.